The van der Waals surface area contributed by atoms with Crippen LogP contribution in [0.2, 0.25) is 0 Å². The number of imidazole rings is 1. The molecule has 0 aliphatic heterocycles. The molecule has 0 unspecified atom stereocenters. The van der Waals surface area contributed by atoms with Crippen molar-refractivity contribution in [3.63, 3.8) is 0 Å². The number of hydrogen-bond acceptors (Lipinski definition) is 3. The molecule has 0 radical (unpaired) electrons. The van der Waals surface area contributed by atoms with E-state index in [4.69, 9.17) is 0 Å². The van der Waals surface area contributed by atoms with E-state index in [1.807, 2.05) is 66.9 Å². The molecule has 3 rings (SSSR count). The van der Waals surface area contributed by atoms with Crippen LogP contribution in [0.15, 0.2) is 48.5 Å². The van der Waals surface area contributed by atoms with E-state index in [-0.39, 0.29) is 24.3 Å². The zero-order valence-corrected chi connectivity index (χ0v) is 17.2. The van der Waals surface area contributed by atoms with Crippen LogP contribution in [0.25, 0.3) is 11.0 Å². The Morgan fingerprint density at radius 3 is 2.55 bits per heavy atom. The second-order valence-electron chi connectivity index (χ2n) is 7.36. The molecule has 0 aliphatic rings. The number of para-hydroxylation sites is 3. The number of amides is 2. The van der Waals surface area contributed by atoms with Crippen LogP contribution in [0.5, 0.6) is 0 Å². The molecule has 0 spiro atoms. The van der Waals surface area contributed by atoms with E-state index in [1.54, 1.807) is 0 Å². The summed E-state index contributed by atoms with van der Waals surface area (Å²) >= 11 is 0. The molecule has 29 heavy (non-hydrogen) atoms. The van der Waals surface area contributed by atoms with Crippen molar-refractivity contribution in [3.05, 3.63) is 59.9 Å². The van der Waals surface area contributed by atoms with Crippen LogP contribution in [-0.4, -0.2) is 27.9 Å². The standard InChI is InChI=1S/C23H28N4O2/c1-4-17-9-5-6-10-18(17)26-22(28)15-27-20-12-8-7-11-19(20)25-21(27)13-14-24-23(29)16(2)3/h5-12,16H,4,13-15H2,1-3H3,(H,24,29)(H,26,28). The number of nitrogens with zero attached hydrogens (tertiary/aromatic N) is 2. The van der Waals surface area contributed by atoms with Crippen molar-refractivity contribution in [3.8, 4) is 0 Å². The molecule has 2 amide bonds. The van der Waals surface area contributed by atoms with Gasteiger partial charge in [-0.3, -0.25) is 9.59 Å². The lowest BCUT2D eigenvalue weighted by atomic mass is 10.1. The summed E-state index contributed by atoms with van der Waals surface area (Å²) in [7, 11) is 0. The minimum atomic E-state index is -0.0958. The number of carbonyl (C=O) groups excluding carboxylic acids is 2. The molecule has 6 heteroatoms. The van der Waals surface area contributed by atoms with Gasteiger partial charge in [0, 0.05) is 24.6 Å². The van der Waals surface area contributed by atoms with Crippen molar-refractivity contribution in [2.75, 3.05) is 11.9 Å². The van der Waals surface area contributed by atoms with Gasteiger partial charge in [-0.05, 0) is 30.2 Å². The van der Waals surface area contributed by atoms with E-state index in [1.165, 1.54) is 0 Å². The molecule has 2 N–H and O–H groups in total. The number of aromatic nitrogens is 2. The zero-order chi connectivity index (χ0) is 20.8. The summed E-state index contributed by atoms with van der Waals surface area (Å²) in [5, 5.41) is 5.94. The van der Waals surface area contributed by atoms with Gasteiger partial charge in [-0.1, -0.05) is 51.1 Å². The Balaban J connectivity index is 1.78. The number of rotatable bonds is 8. The van der Waals surface area contributed by atoms with Crippen LogP contribution >= 0.6 is 0 Å². The lowest BCUT2D eigenvalue weighted by Gasteiger charge is -2.13. The fourth-order valence-electron chi connectivity index (χ4n) is 3.28. The number of hydrogen-bond donors (Lipinski definition) is 2. The third-order valence-electron chi connectivity index (χ3n) is 4.88. The Kier molecular flexibility index (Phi) is 6.65. The van der Waals surface area contributed by atoms with E-state index in [0.717, 1.165) is 34.5 Å². The third kappa shape index (κ3) is 5.02. The van der Waals surface area contributed by atoms with Gasteiger partial charge < -0.3 is 15.2 Å². The highest BCUT2D eigenvalue weighted by Gasteiger charge is 2.15. The first-order valence-electron chi connectivity index (χ1n) is 10.1. The van der Waals surface area contributed by atoms with Crippen LogP contribution in [0.1, 0.15) is 32.2 Å². The first kappa shape index (κ1) is 20.6. The maximum atomic E-state index is 12.8. The van der Waals surface area contributed by atoms with E-state index in [2.05, 4.69) is 22.5 Å². The quantitative estimate of drug-likeness (QED) is 0.615. The van der Waals surface area contributed by atoms with Crippen molar-refractivity contribution in [2.24, 2.45) is 5.92 Å². The summed E-state index contributed by atoms with van der Waals surface area (Å²) in [6.07, 6.45) is 1.41. The predicted octanol–water partition coefficient (Wildman–Crippen LogP) is 3.55. The fraction of sp³-hybridized carbons (Fsp3) is 0.348. The average Bonchev–Trinajstić information content (AvgIpc) is 3.05. The zero-order valence-electron chi connectivity index (χ0n) is 17.2. The summed E-state index contributed by atoms with van der Waals surface area (Å²) in [5.41, 5.74) is 3.71. The Morgan fingerprint density at radius 2 is 1.79 bits per heavy atom. The van der Waals surface area contributed by atoms with Crippen LogP contribution in [0, 0.1) is 5.92 Å². The SMILES string of the molecule is CCc1ccccc1NC(=O)Cn1c(CCNC(=O)C(C)C)nc2ccccc21. The van der Waals surface area contributed by atoms with E-state index in [9.17, 15) is 9.59 Å². The number of anilines is 1. The predicted molar refractivity (Wildman–Crippen MR) is 116 cm³/mol. The minimum Gasteiger partial charge on any atom is -0.355 e. The molecule has 2 aromatic carbocycles. The molecule has 0 saturated heterocycles. The van der Waals surface area contributed by atoms with E-state index in [0.29, 0.717) is 13.0 Å². The molecule has 0 bridgehead atoms. The first-order chi connectivity index (χ1) is 14.0. The molecule has 1 aromatic heterocycles. The Bertz CT molecular complexity index is 1010. The molecule has 0 saturated carbocycles. The molecule has 0 aliphatic carbocycles. The number of fused-ring (bicyclic) bond motifs is 1. The molecule has 1 heterocycles. The average molecular weight is 393 g/mol. The smallest absolute Gasteiger partial charge is 0.244 e. The normalized spacial score (nSPS) is 11.0. The molecule has 6 nitrogen and oxygen atoms in total. The van der Waals surface area contributed by atoms with Gasteiger partial charge in [0.25, 0.3) is 0 Å². The lowest BCUT2D eigenvalue weighted by molar-refractivity contribution is -0.124. The van der Waals surface area contributed by atoms with Gasteiger partial charge in [0.15, 0.2) is 0 Å². The van der Waals surface area contributed by atoms with Crippen LogP contribution < -0.4 is 10.6 Å². The van der Waals surface area contributed by atoms with Gasteiger partial charge in [-0.25, -0.2) is 4.98 Å². The lowest BCUT2D eigenvalue weighted by Crippen LogP contribution is -2.30. The van der Waals surface area contributed by atoms with Gasteiger partial charge in [-0.15, -0.1) is 0 Å². The van der Waals surface area contributed by atoms with Crippen molar-refractivity contribution >= 4 is 28.5 Å². The van der Waals surface area contributed by atoms with Gasteiger partial charge in [0.1, 0.15) is 12.4 Å². The summed E-state index contributed by atoms with van der Waals surface area (Å²) in [5.74, 6) is 0.649. The highest BCUT2D eigenvalue weighted by molar-refractivity contribution is 5.92. The summed E-state index contributed by atoms with van der Waals surface area (Å²) < 4.78 is 1.93. The number of nitrogens with one attached hydrogen (secondary N) is 2. The Hall–Kier alpha value is -3.15. The summed E-state index contributed by atoms with van der Waals surface area (Å²) in [4.78, 5) is 29.3. The van der Waals surface area contributed by atoms with Crippen LogP contribution in [0.4, 0.5) is 5.69 Å². The number of benzene rings is 2. The van der Waals surface area contributed by atoms with Crippen molar-refractivity contribution in [1.29, 1.82) is 0 Å². The van der Waals surface area contributed by atoms with Crippen molar-refractivity contribution < 1.29 is 9.59 Å². The van der Waals surface area contributed by atoms with Gasteiger partial charge in [0.2, 0.25) is 11.8 Å². The summed E-state index contributed by atoms with van der Waals surface area (Å²) in [6.45, 7) is 6.46. The Labute approximate surface area is 171 Å². The molecule has 0 fully saturated rings. The van der Waals surface area contributed by atoms with E-state index >= 15 is 0 Å². The molecular formula is C23H28N4O2. The second-order valence-corrected chi connectivity index (χ2v) is 7.36. The topological polar surface area (TPSA) is 76.0 Å². The highest BCUT2D eigenvalue weighted by Crippen LogP contribution is 2.18. The van der Waals surface area contributed by atoms with Crippen LogP contribution in [-0.2, 0) is 29.0 Å². The van der Waals surface area contributed by atoms with Gasteiger partial charge >= 0.3 is 0 Å². The molecule has 3 aromatic rings. The number of carbonyl (C=O) groups is 2. The van der Waals surface area contributed by atoms with Crippen molar-refractivity contribution in [1.82, 2.24) is 14.9 Å². The second kappa shape index (κ2) is 9.37. The monoisotopic (exact) mass is 392 g/mol. The third-order valence-corrected chi connectivity index (χ3v) is 4.88. The molecular weight excluding hydrogens is 364 g/mol. The van der Waals surface area contributed by atoms with E-state index < -0.39 is 0 Å². The highest BCUT2D eigenvalue weighted by atomic mass is 16.2. The van der Waals surface area contributed by atoms with Crippen molar-refractivity contribution in [2.45, 2.75) is 40.2 Å². The summed E-state index contributed by atoms with van der Waals surface area (Å²) in [6, 6.07) is 15.6. The molecule has 152 valence electrons. The van der Waals surface area contributed by atoms with Gasteiger partial charge in [-0.2, -0.15) is 0 Å². The maximum absolute atomic E-state index is 12.8. The first-order valence-corrected chi connectivity index (χ1v) is 10.1. The number of aryl methyl sites for hydroxylation is 1. The maximum Gasteiger partial charge on any atom is 0.244 e. The minimum absolute atomic E-state index is 0.0153. The largest absolute Gasteiger partial charge is 0.355 e. The fourth-order valence-corrected chi connectivity index (χ4v) is 3.28. The van der Waals surface area contributed by atoms with Crippen LogP contribution in [0.3, 0.4) is 0 Å². The molecule has 0 atom stereocenters. The van der Waals surface area contributed by atoms with Gasteiger partial charge in [0.05, 0.1) is 11.0 Å². The Morgan fingerprint density at radius 1 is 1.07 bits per heavy atom.